The van der Waals surface area contributed by atoms with Crippen molar-refractivity contribution in [2.24, 2.45) is 5.73 Å². The molecule has 0 aliphatic carbocycles. The van der Waals surface area contributed by atoms with E-state index in [0.29, 0.717) is 0 Å². The first-order chi connectivity index (χ1) is 9.76. The third-order valence-corrected chi connectivity index (χ3v) is 1.58. The summed E-state index contributed by atoms with van der Waals surface area (Å²) in [4.78, 5) is 0. The van der Waals surface area contributed by atoms with Crippen LogP contribution in [-0.4, -0.2) is 0 Å². The van der Waals surface area contributed by atoms with Gasteiger partial charge in [0.05, 0.1) is 0 Å². The Hall–Kier alpha value is -1.68. The van der Waals surface area contributed by atoms with Gasteiger partial charge in [-0.05, 0) is 60.2 Å². The molecule has 1 nitrogen and oxygen atoms in total. The monoisotopic (exact) mass is 291 g/mol. The van der Waals surface area contributed by atoms with Gasteiger partial charge in [0, 0.05) is 0 Å². The SMILES string of the molecule is C=C/C(C)=C\N.CC#CC.CC(C)=CC=C(C)C.CCC. The molecule has 0 aromatic carbocycles. The van der Waals surface area contributed by atoms with Gasteiger partial charge in [0.1, 0.15) is 0 Å². The first kappa shape index (κ1) is 27.6. The summed E-state index contributed by atoms with van der Waals surface area (Å²) in [5.74, 6) is 5.36. The van der Waals surface area contributed by atoms with E-state index in [0.717, 1.165) is 5.57 Å². The Morgan fingerprint density at radius 3 is 1.24 bits per heavy atom. The number of nitrogens with two attached hydrogens (primary N) is 1. The molecule has 0 amide bonds. The lowest BCUT2D eigenvalue weighted by Crippen LogP contribution is -1.78. The number of rotatable bonds is 2. The predicted molar refractivity (Wildman–Crippen MR) is 102 cm³/mol. The molecule has 0 aliphatic rings. The van der Waals surface area contributed by atoms with E-state index in [-0.39, 0.29) is 0 Å². The second-order valence-electron chi connectivity index (χ2n) is 4.81. The second kappa shape index (κ2) is 26.8. The number of allylic oxidation sites excluding steroid dienone is 6. The van der Waals surface area contributed by atoms with Crippen LogP contribution < -0.4 is 5.73 Å². The highest BCUT2D eigenvalue weighted by molar-refractivity contribution is 5.12. The molecule has 21 heavy (non-hydrogen) atoms. The molecular weight excluding hydrogens is 254 g/mol. The Morgan fingerprint density at radius 1 is 0.905 bits per heavy atom. The minimum Gasteiger partial charge on any atom is -0.404 e. The van der Waals surface area contributed by atoms with Crippen LogP contribution in [0.5, 0.6) is 0 Å². The minimum absolute atomic E-state index is 1.01. The molecule has 0 bridgehead atoms. The first-order valence-electron chi connectivity index (χ1n) is 7.39. The Morgan fingerprint density at radius 2 is 1.19 bits per heavy atom. The van der Waals surface area contributed by atoms with Crippen molar-refractivity contribution in [1.29, 1.82) is 0 Å². The molecule has 0 saturated heterocycles. The average Bonchev–Trinajstić information content (AvgIpc) is 2.46. The zero-order valence-electron chi connectivity index (χ0n) is 15.8. The van der Waals surface area contributed by atoms with Crippen molar-refractivity contribution in [1.82, 2.24) is 0 Å². The fourth-order valence-electron chi connectivity index (χ4n) is 0.401. The van der Waals surface area contributed by atoms with Crippen LogP contribution in [0.25, 0.3) is 0 Å². The summed E-state index contributed by atoms with van der Waals surface area (Å²) < 4.78 is 0. The molecule has 0 aromatic rings. The normalized spacial score (nSPS) is 7.76. The van der Waals surface area contributed by atoms with Gasteiger partial charge >= 0.3 is 0 Å². The summed E-state index contributed by atoms with van der Waals surface area (Å²) in [7, 11) is 0. The highest BCUT2D eigenvalue weighted by Crippen LogP contribution is 1.93. The van der Waals surface area contributed by atoms with E-state index in [2.05, 4.69) is 72.1 Å². The van der Waals surface area contributed by atoms with E-state index in [4.69, 9.17) is 5.73 Å². The quantitative estimate of drug-likeness (QED) is 0.462. The lowest BCUT2D eigenvalue weighted by atomic mass is 10.2. The van der Waals surface area contributed by atoms with Gasteiger partial charge in [-0.25, -0.2) is 0 Å². The maximum atomic E-state index is 5.05. The number of hydrogen-bond donors (Lipinski definition) is 1. The van der Waals surface area contributed by atoms with E-state index in [9.17, 15) is 0 Å². The van der Waals surface area contributed by atoms with Gasteiger partial charge in [-0.2, -0.15) is 0 Å². The zero-order chi connectivity index (χ0) is 17.7. The van der Waals surface area contributed by atoms with Gasteiger partial charge in [-0.3, -0.25) is 0 Å². The smallest absolute Gasteiger partial charge is 0.00271 e. The molecule has 122 valence electrons. The summed E-state index contributed by atoms with van der Waals surface area (Å²) in [6, 6.07) is 0. The van der Waals surface area contributed by atoms with Crippen molar-refractivity contribution in [2.45, 2.75) is 68.7 Å². The Labute approximate surface area is 134 Å². The van der Waals surface area contributed by atoms with Crippen molar-refractivity contribution in [2.75, 3.05) is 0 Å². The van der Waals surface area contributed by atoms with Gasteiger partial charge in [0.2, 0.25) is 0 Å². The van der Waals surface area contributed by atoms with E-state index >= 15 is 0 Å². The highest BCUT2D eigenvalue weighted by atomic mass is 14.5. The van der Waals surface area contributed by atoms with Gasteiger partial charge in [0.15, 0.2) is 0 Å². The lowest BCUT2D eigenvalue weighted by Gasteiger charge is -1.84. The van der Waals surface area contributed by atoms with Crippen LogP contribution in [0.4, 0.5) is 0 Å². The summed E-state index contributed by atoms with van der Waals surface area (Å²) in [5, 5.41) is 0. The minimum atomic E-state index is 1.01. The largest absolute Gasteiger partial charge is 0.404 e. The Bertz CT molecular complexity index is 327. The molecule has 0 saturated carbocycles. The first-order valence-corrected chi connectivity index (χ1v) is 7.39. The summed E-state index contributed by atoms with van der Waals surface area (Å²) in [6.45, 7) is 21.7. The third kappa shape index (κ3) is 70.5. The van der Waals surface area contributed by atoms with Crippen molar-refractivity contribution < 1.29 is 0 Å². The topological polar surface area (TPSA) is 26.0 Å². The molecule has 0 fully saturated rings. The van der Waals surface area contributed by atoms with E-state index in [1.54, 1.807) is 6.08 Å². The van der Waals surface area contributed by atoms with E-state index < -0.39 is 0 Å². The van der Waals surface area contributed by atoms with E-state index in [1.807, 2.05) is 20.8 Å². The number of hydrogen-bond acceptors (Lipinski definition) is 1. The van der Waals surface area contributed by atoms with Crippen LogP contribution >= 0.6 is 0 Å². The van der Waals surface area contributed by atoms with Gasteiger partial charge < -0.3 is 5.73 Å². The molecule has 0 aromatic heterocycles. The molecule has 0 heterocycles. The zero-order valence-corrected chi connectivity index (χ0v) is 15.8. The summed E-state index contributed by atoms with van der Waals surface area (Å²) in [6.07, 6.45) is 8.72. The Kier molecular flexibility index (Phi) is 35.3. The van der Waals surface area contributed by atoms with Crippen molar-refractivity contribution in [3.05, 3.63) is 47.7 Å². The van der Waals surface area contributed by atoms with Gasteiger partial charge in [0.25, 0.3) is 0 Å². The van der Waals surface area contributed by atoms with Gasteiger partial charge in [-0.15, -0.1) is 11.8 Å². The predicted octanol–water partition coefficient (Wildman–Crippen LogP) is 6.40. The van der Waals surface area contributed by atoms with Crippen molar-refractivity contribution in [3.63, 3.8) is 0 Å². The average molecular weight is 292 g/mol. The van der Waals surface area contributed by atoms with Crippen molar-refractivity contribution in [3.8, 4) is 11.8 Å². The molecule has 0 atom stereocenters. The molecular formula is C20H37N. The standard InChI is InChI=1S/C8H14.C5H9N.C4H6.C3H8/c1-7(2)5-6-8(3)4;1-3-5(2)4-6;1-3-4-2;1-3-2/h5-6H,1-4H3;3-4H,1,6H2,2H3;1-2H3;3H2,1-2H3/b;5-4-;;. The maximum absolute atomic E-state index is 5.05. The van der Waals surface area contributed by atoms with Crippen LogP contribution in [0.2, 0.25) is 0 Å². The molecule has 0 aliphatic heterocycles. The van der Waals surface area contributed by atoms with Crippen LogP contribution in [0, 0.1) is 11.8 Å². The van der Waals surface area contributed by atoms with E-state index in [1.165, 1.54) is 23.8 Å². The summed E-state index contributed by atoms with van der Waals surface area (Å²) in [5.41, 5.74) is 8.76. The lowest BCUT2D eigenvalue weighted by molar-refractivity contribution is 1.09. The molecule has 0 rings (SSSR count). The van der Waals surface area contributed by atoms with Crippen LogP contribution in [0.3, 0.4) is 0 Å². The Balaban J connectivity index is -0.0000000985. The maximum Gasteiger partial charge on any atom is -0.00271 e. The van der Waals surface area contributed by atoms with Crippen LogP contribution in [0.1, 0.15) is 68.7 Å². The third-order valence-electron chi connectivity index (χ3n) is 1.58. The molecule has 1 heteroatoms. The molecule has 0 spiro atoms. The molecule has 0 radical (unpaired) electrons. The molecule has 0 unspecified atom stereocenters. The van der Waals surface area contributed by atoms with Crippen LogP contribution in [0.15, 0.2) is 47.7 Å². The summed E-state index contributed by atoms with van der Waals surface area (Å²) >= 11 is 0. The fraction of sp³-hybridized carbons (Fsp3) is 0.500. The van der Waals surface area contributed by atoms with Crippen molar-refractivity contribution >= 4 is 0 Å². The highest BCUT2D eigenvalue weighted by Gasteiger charge is 1.72. The van der Waals surface area contributed by atoms with Crippen LogP contribution in [-0.2, 0) is 0 Å². The molecule has 2 N–H and O–H groups in total. The fourth-order valence-corrected chi connectivity index (χ4v) is 0.401. The van der Waals surface area contributed by atoms with Gasteiger partial charge in [-0.1, -0.05) is 56.2 Å². The second-order valence-corrected chi connectivity index (χ2v) is 4.81.